The topological polar surface area (TPSA) is 97.4 Å². The van der Waals surface area contributed by atoms with Gasteiger partial charge in [0, 0.05) is 31.4 Å². The summed E-state index contributed by atoms with van der Waals surface area (Å²) in [7, 11) is -4.02. The molecule has 0 unspecified atom stereocenters. The van der Waals surface area contributed by atoms with E-state index in [0.717, 1.165) is 28.6 Å². The molecule has 2 aliphatic heterocycles. The van der Waals surface area contributed by atoms with Crippen LogP contribution in [0.25, 0.3) is 0 Å². The Morgan fingerprint density at radius 3 is 2.30 bits per heavy atom. The monoisotopic (exact) mass is 523 g/mol. The largest absolute Gasteiger partial charge is 0.486 e. The number of hydrogen-bond donors (Lipinski definition) is 1. The summed E-state index contributed by atoms with van der Waals surface area (Å²) in [6, 6.07) is 20.9. The molecule has 5 rings (SSSR count). The number of amides is 1. The molecule has 0 aliphatic carbocycles. The van der Waals surface area contributed by atoms with E-state index in [9.17, 15) is 13.2 Å². The maximum Gasteiger partial charge on any atom is 0.264 e. The van der Waals surface area contributed by atoms with Crippen molar-refractivity contribution in [2.24, 2.45) is 0 Å². The number of nitrogens with zero attached hydrogens (tertiary/aromatic N) is 2. The van der Waals surface area contributed by atoms with Crippen molar-refractivity contribution in [1.29, 1.82) is 0 Å². The van der Waals surface area contributed by atoms with Gasteiger partial charge in [0.05, 0.1) is 23.8 Å². The van der Waals surface area contributed by atoms with Gasteiger partial charge in [0.15, 0.2) is 11.5 Å². The number of carbonyl (C=O) groups is 1. The zero-order valence-corrected chi connectivity index (χ0v) is 21.2. The van der Waals surface area contributed by atoms with E-state index in [1.807, 2.05) is 24.3 Å². The molecule has 3 aromatic carbocycles. The number of sulfonamides is 1. The number of carbonyl (C=O) groups excluding carboxylic acids is 1. The molecule has 0 spiro atoms. The normalized spacial score (nSPS) is 15.2. The van der Waals surface area contributed by atoms with Gasteiger partial charge in [-0.3, -0.25) is 9.10 Å². The predicted molar refractivity (Wildman–Crippen MR) is 140 cm³/mol. The average Bonchev–Trinajstić information content (AvgIpc) is 2.95. The minimum atomic E-state index is -4.02. The third kappa shape index (κ3) is 5.81. The number of anilines is 2. The number of ether oxygens (including phenoxy) is 3. The van der Waals surface area contributed by atoms with Gasteiger partial charge >= 0.3 is 0 Å². The van der Waals surface area contributed by atoms with Gasteiger partial charge in [-0.25, -0.2) is 8.42 Å². The molecular formula is C27H29N3O6S. The second-order valence-corrected chi connectivity index (χ2v) is 10.6. The van der Waals surface area contributed by atoms with Crippen LogP contribution < -0.4 is 24.0 Å². The van der Waals surface area contributed by atoms with E-state index in [-0.39, 0.29) is 18.0 Å². The highest BCUT2D eigenvalue weighted by molar-refractivity contribution is 7.92. The van der Waals surface area contributed by atoms with E-state index in [2.05, 4.69) is 10.2 Å². The van der Waals surface area contributed by atoms with Crippen LogP contribution in [0.5, 0.6) is 11.5 Å². The second-order valence-electron chi connectivity index (χ2n) is 8.70. The molecular weight excluding hydrogens is 494 g/mol. The van der Waals surface area contributed by atoms with Gasteiger partial charge in [-0.2, -0.15) is 0 Å². The predicted octanol–water partition coefficient (Wildman–Crippen LogP) is 2.81. The highest BCUT2D eigenvalue weighted by Crippen LogP contribution is 2.35. The first-order valence-corrected chi connectivity index (χ1v) is 13.6. The standard InChI is InChI=1S/C27H29N3O6S/c31-27(28-19-21-6-8-22(9-7-21)29-12-14-34-15-13-29)20-30(37(32,33)24-4-2-1-3-5-24)23-10-11-25-26(18-23)36-17-16-35-25/h1-11,18H,12-17,19-20H2,(H,28,31). The zero-order valence-electron chi connectivity index (χ0n) is 20.3. The lowest BCUT2D eigenvalue weighted by Crippen LogP contribution is -2.40. The molecule has 2 aliphatic rings. The Labute approximate surface area is 216 Å². The number of nitrogens with one attached hydrogen (secondary N) is 1. The molecule has 0 saturated carbocycles. The Balaban J connectivity index is 1.31. The van der Waals surface area contributed by atoms with Crippen molar-refractivity contribution >= 4 is 27.3 Å². The second kappa shape index (κ2) is 11.1. The van der Waals surface area contributed by atoms with Gasteiger partial charge < -0.3 is 24.4 Å². The van der Waals surface area contributed by atoms with E-state index in [1.54, 1.807) is 36.4 Å². The van der Waals surface area contributed by atoms with Gasteiger partial charge in [0.2, 0.25) is 5.91 Å². The summed E-state index contributed by atoms with van der Waals surface area (Å²) >= 11 is 0. The number of rotatable bonds is 8. The Morgan fingerprint density at radius 2 is 1.57 bits per heavy atom. The van der Waals surface area contributed by atoms with Crippen molar-refractivity contribution in [1.82, 2.24) is 5.32 Å². The lowest BCUT2D eigenvalue weighted by Gasteiger charge is -2.29. The summed E-state index contributed by atoms with van der Waals surface area (Å²) in [6.07, 6.45) is 0. The van der Waals surface area contributed by atoms with Gasteiger partial charge in [0.1, 0.15) is 19.8 Å². The Morgan fingerprint density at radius 1 is 0.865 bits per heavy atom. The van der Waals surface area contributed by atoms with Crippen molar-refractivity contribution in [3.8, 4) is 11.5 Å². The molecule has 194 valence electrons. The highest BCUT2D eigenvalue weighted by Gasteiger charge is 2.28. The smallest absolute Gasteiger partial charge is 0.264 e. The van der Waals surface area contributed by atoms with Gasteiger partial charge in [-0.15, -0.1) is 0 Å². The molecule has 0 atom stereocenters. The van der Waals surface area contributed by atoms with Crippen LogP contribution in [-0.2, 0) is 26.1 Å². The average molecular weight is 524 g/mol. The van der Waals surface area contributed by atoms with E-state index >= 15 is 0 Å². The lowest BCUT2D eigenvalue weighted by atomic mass is 10.2. The van der Waals surface area contributed by atoms with Crippen LogP contribution in [0.4, 0.5) is 11.4 Å². The van der Waals surface area contributed by atoms with E-state index in [1.165, 1.54) is 12.1 Å². The van der Waals surface area contributed by atoms with Crippen LogP contribution in [0, 0.1) is 0 Å². The summed E-state index contributed by atoms with van der Waals surface area (Å²) in [5, 5.41) is 2.85. The molecule has 9 nitrogen and oxygen atoms in total. The molecule has 2 heterocycles. The fourth-order valence-electron chi connectivity index (χ4n) is 4.26. The van der Waals surface area contributed by atoms with E-state index < -0.39 is 15.9 Å². The molecule has 1 saturated heterocycles. The molecule has 37 heavy (non-hydrogen) atoms. The SMILES string of the molecule is O=C(CN(c1ccc2c(c1)OCCO2)S(=O)(=O)c1ccccc1)NCc1ccc(N2CCOCC2)cc1. The minimum absolute atomic E-state index is 0.0939. The molecule has 0 radical (unpaired) electrons. The fraction of sp³-hybridized carbons (Fsp3) is 0.296. The first-order chi connectivity index (χ1) is 18.0. The van der Waals surface area contributed by atoms with Crippen molar-refractivity contribution in [2.75, 3.05) is 55.3 Å². The summed E-state index contributed by atoms with van der Waals surface area (Å²) in [4.78, 5) is 15.3. The summed E-state index contributed by atoms with van der Waals surface area (Å²) < 4.78 is 44.8. The van der Waals surface area contributed by atoms with Crippen molar-refractivity contribution in [3.63, 3.8) is 0 Å². The summed E-state index contributed by atoms with van der Waals surface area (Å²) in [5.41, 5.74) is 2.34. The minimum Gasteiger partial charge on any atom is -0.486 e. The molecule has 1 fully saturated rings. The molecule has 0 aromatic heterocycles. The molecule has 0 bridgehead atoms. The quantitative estimate of drug-likeness (QED) is 0.485. The van der Waals surface area contributed by atoms with Crippen molar-refractivity contribution < 1.29 is 27.4 Å². The van der Waals surface area contributed by atoms with Gasteiger partial charge in [-0.1, -0.05) is 30.3 Å². The Bertz CT molecular complexity index is 1330. The van der Waals surface area contributed by atoms with Crippen molar-refractivity contribution in [2.45, 2.75) is 11.4 Å². The third-order valence-electron chi connectivity index (χ3n) is 6.23. The first kappa shape index (κ1) is 24.9. The van der Waals surface area contributed by atoms with Crippen LogP contribution in [-0.4, -0.2) is 60.4 Å². The maximum absolute atomic E-state index is 13.6. The van der Waals surface area contributed by atoms with Crippen molar-refractivity contribution in [3.05, 3.63) is 78.4 Å². The fourth-order valence-corrected chi connectivity index (χ4v) is 5.69. The Hall–Kier alpha value is -3.76. The lowest BCUT2D eigenvalue weighted by molar-refractivity contribution is -0.119. The van der Waals surface area contributed by atoms with E-state index in [0.29, 0.717) is 43.6 Å². The molecule has 10 heteroatoms. The zero-order chi connectivity index (χ0) is 25.7. The summed E-state index contributed by atoms with van der Waals surface area (Å²) in [6.45, 7) is 3.81. The number of morpholine rings is 1. The third-order valence-corrected chi connectivity index (χ3v) is 8.02. The van der Waals surface area contributed by atoms with Crippen LogP contribution in [0.3, 0.4) is 0 Å². The number of hydrogen-bond acceptors (Lipinski definition) is 7. The maximum atomic E-state index is 13.6. The highest BCUT2D eigenvalue weighted by atomic mass is 32.2. The van der Waals surface area contributed by atoms with Crippen LogP contribution in [0.2, 0.25) is 0 Å². The van der Waals surface area contributed by atoms with Crippen LogP contribution in [0.15, 0.2) is 77.7 Å². The molecule has 1 amide bonds. The van der Waals surface area contributed by atoms with Gasteiger partial charge in [0.25, 0.3) is 10.0 Å². The number of fused-ring (bicyclic) bond motifs is 1. The molecule has 3 aromatic rings. The first-order valence-electron chi connectivity index (χ1n) is 12.2. The molecule has 1 N–H and O–H groups in total. The number of benzene rings is 3. The summed E-state index contributed by atoms with van der Waals surface area (Å²) in [5.74, 6) is 0.557. The van der Waals surface area contributed by atoms with Crippen LogP contribution >= 0.6 is 0 Å². The Kier molecular flexibility index (Phi) is 7.47. The van der Waals surface area contributed by atoms with Crippen LogP contribution in [0.1, 0.15) is 5.56 Å². The van der Waals surface area contributed by atoms with Gasteiger partial charge in [-0.05, 0) is 42.0 Å². The van der Waals surface area contributed by atoms with E-state index in [4.69, 9.17) is 14.2 Å².